The monoisotopic (exact) mass is 475 g/mol. The molecule has 178 valence electrons. The maximum atomic E-state index is 13.4. The number of nitrogens with zero attached hydrogens (tertiary/aromatic N) is 3. The normalized spacial score (nSPS) is 17.9. The average molecular weight is 476 g/mol. The number of thioether (sulfide) groups is 1. The number of hydrogen-bond donors (Lipinski definition) is 0. The van der Waals surface area contributed by atoms with Gasteiger partial charge >= 0.3 is 0 Å². The summed E-state index contributed by atoms with van der Waals surface area (Å²) in [6.07, 6.45) is 6.33. The van der Waals surface area contributed by atoms with Crippen molar-refractivity contribution in [3.05, 3.63) is 70.9 Å². The number of carbonyl (C=O) groups excluding carboxylic acids is 2. The summed E-state index contributed by atoms with van der Waals surface area (Å²) >= 11 is 1.35. The number of rotatable bonds is 5. The van der Waals surface area contributed by atoms with Crippen LogP contribution in [0.4, 0.5) is 5.69 Å². The van der Waals surface area contributed by atoms with Gasteiger partial charge in [-0.3, -0.25) is 14.5 Å². The summed E-state index contributed by atoms with van der Waals surface area (Å²) in [5.41, 5.74) is 4.48. The summed E-state index contributed by atoms with van der Waals surface area (Å²) in [6, 6.07) is 16.1. The molecule has 2 aromatic rings. The Bertz CT molecular complexity index is 1080. The minimum Gasteiger partial charge on any atom is -0.342 e. The zero-order valence-electron chi connectivity index (χ0n) is 20.3. The second-order valence-electron chi connectivity index (χ2n) is 9.31. The number of benzene rings is 2. The van der Waals surface area contributed by atoms with Crippen LogP contribution in [0.15, 0.2) is 59.2 Å². The Balaban J connectivity index is 1.57. The van der Waals surface area contributed by atoms with E-state index in [9.17, 15) is 9.59 Å². The van der Waals surface area contributed by atoms with Gasteiger partial charge in [0.2, 0.25) is 5.91 Å². The number of hydrogen-bond acceptors (Lipinski definition) is 4. The topological polar surface area (TPSA) is 53.0 Å². The van der Waals surface area contributed by atoms with Crippen molar-refractivity contribution < 1.29 is 9.59 Å². The van der Waals surface area contributed by atoms with E-state index in [1.165, 1.54) is 30.2 Å². The van der Waals surface area contributed by atoms with Crippen LogP contribution >= 0.6 is 11.8 Å². The Morgan fingerprint density at radius 2 is 1.65 bits per heavy atom. The summed E-state index contributed by atoms with van der Waals surface area (Å²) in [4.78, 5) is 34.6. The number of carbonyl (C=O) groups is 2. The molecule has 1 fully saturated rings. The molecule has 0 aromatic heterocycles. The highest BCUT2D eigenvalue weighted by Crippen LogP contribution is 2.30. The third-order valence-corrected chi connectivity index (χ3v) is 7.24. The van der Waals surface area contributed by atoms with Gasteiger partial charge in [0.1, 0.15) is 5.70 Å². The fourth-order valence-electron chi connectivity index (χ4n) is 4.19. The van der Waals surface area contributed by atoms with E-state index < -0.39 is 0 Å². The molecule has 0 spiro atoms. The zero-order valence-corrected chi connectivity index (χ0v) is 21.1. The van der Waals surface area contributed by atoms with Crippen LogP contribution in [0.5, 0.6) is 0 Å². The molecular weight excluding hydrogens is 442 g/mol. The summed E-state index contributed by atoms with van der Waals surface area (Å²) in [5.74, 6) is 0.689. The van der Waals surface area contributed by atoms with Gasteiger partial charge in [-0.25, -0.2) is 4.99 Å². The first-order chi connectivity index (χ1) is 16.4. The molecule has 2 amide bonds. The molecule has 1 saturated heterocycles. The van der Waals surface area contributed by atoms with Gasteiger partial charge < -0.3 is 4.90 Å². The van der Waals surface area contributed by atoms with Crippen molar-refractivity contribution in [3.63, 3.8) is 0 Å². The molecule has 4 rings (SSSR count). The lowest BCUT2D eigenvalue weighted by Gasteiger charge is -2.21. The smallest absolute Gasteiger partial charge is 0.283 e. The van der Waals surface area contributed by atoms with Gasteiger partial charge in [0.25, 0.3) is 5.91 Å². The zero-order chi connectivity index (χ0) is 24.1. The molecule has 2 aliphatic rings. The van der Waals surface area contributed by atoms with E-state index in [1.807, 2.05) is 54.3 Å². The van der Waals surface area contributed by atoms with Gasteiger partial charge in [-0.1, -0.05) is 80.4 Å². The Morgan fingerprint density at radius 1 is 1.00 bits per heavy atom. The minimum absolute atomic E-state index is 0.118. The molecule has 0 saturated carbocycles. The van der Waals surface area contributed by atoms with Crippen molar-refractivity contribution in [3.8, 4) is 0 Å². The largest absolute Gasteiger partial charge is 0.342 e. The van der Waals surface area contributed by atoms with E-state index in [4.69, 9.17) is 0 Å². The first kappa shape index (κ1) is 24.3. The summed E-state index contributed by atoms with van der Waals surface area (Å²) in [5, 5.41) is 0.557. The van der Waals surface area contributed by atoms with Crippen LogP contribution in [0, 0.1) is 6.92 Å². The molecule has 34 heavy (non-hydrogen) atoms. The molecule has 0 unspecified atom stereocenters. The molecule has 6 heteroatoms. The average Bonchev–Trinajstić information content (AvgIpc) is 2.99. The van der Waals surface area contributed by atoms with Crippen molar-refractivity contribution in [1.29, 1.82) is 0 Å². The van der Waals surface area contributed by atoms with Gasteiger partial charge in [0.05, 0.1) is 11.4 Å². The number of aliphatic imine (C=N–C) groups is 1. The van der Waals surface area contributed by atoms with E-state index in [0.29, 0.717) is 16.8 Å². The minimum atomic E-state index is -0.165. The fourth-order valence-corrected chi connectivity index (χ4v) is 5.10. The molecular formula is C28H33N3O2S. The highest BCUT2D eigenvalue weighted by atomic mass is 32.2. The van der Waals surface area contributed by atoms with Gasteiger partial charge in [-0.15, -0.1) is 0 Å². The number of aryl methyl sites for hydroxylation is 1. The Morgan fingerprint density at radius 3 is 2.26 bits per heavy atom. The number of anilines is 1. The van der Waals surface area contributed by atoms with Crippen LogP contribution in [0.2, 0.25) is 0 Å². The van der Waals surface area contributed by atoms with E-state index in [-0.39, 0.29) is 17.6 Å². The van der Waals surface area contributed by atoms with Crippen molar-refractivity contribution in [2.45, 2.75) is 52.4 Å². The van der Waals surface area contributed by atoms with Crippen LogP contribution in [0.3, 0.4) is 0 Å². The van der Waals surface area contributed by atoms with Crippen molar-refractivity contribution in [2.75, 3.05) is 23.7 Å². The first-order valence-corrected chi connectivity index (χ1v) is 13.1. The molecule has 0 atom stereocenters. The van der Waals surface area contributed by atoms with Crippen LogP contribution < -0.4 is 4.90 Å². The molecule has 0 N–H and O–H groups in total. The SMILES string of the molecule is Cc1ccc(N2C(=O)C(=Cc3ccc(C(C)C)cc3)N=C2SCC(=O)N2CCCCCC2)cc1. The number of amides is 2. The van der Waals surface area contributed by atoms with E-state index in [1.54, 1.807) is 4.90 Å². The van der Waals surface area contributed by atoms with Crippen LogP contribution in [0.1, 0.15) is 62.1 Å². The summed E-state index contributed by atoms with van der Waals surface area (Å²) in [6.45, 7) is 7.99. The number of likely N-dealkylation sites (tertiary alicyclic amines) is 1. The quantitative estimate of drug-likeness (QED) is 0.499. The Hall–Kier alpha value is -2.86. The van der Waals surface area contributed by atoms with Crippen molar-refractivity contribution in [2.24, 2.45) is 4.99 Å². The molecule has 2 heterocycles. The lowest BCUT2D eigenvalue weighted by atomic mass is 10.0. The van der Waals surface area contributed by atoms with E-state index >= 15 is 0 Å². The van der Waals surface area contributed by atoms with Gasteiger partial charge in [0.15, 0.2) is 5.17 Å². The predicted molar refractivity (Wildman–Crippen MR) is 142 cm³/mol. The Kier molecular flexibility index (Phi) is 7.88. The third-order valence-electron chi connectivity index (χ3n) is 6.31. The standard InChI is InChI=1S/C28H33N3O2S/c1-20(2)23-12-10-22(11-13-23)18-25-27(33)31(24-14-8-21(3)9-15-24)28(29-25)34-19-26(32)30-16-6-4-5-7-17-30/h8-15,18,20H,4-7,16-17,19H2,1-3H3. The van der Waals surface area contributed by atoms with Crippen LogP contribution in [0.25, 0.3) is 6.08 Å². The van der Waals surface area contributed by atoms with Crippen LogP contribution in [-0.2, 0) is 9.59 Å². The maximum absolute atomic E-state index is 13.4. The second kappa shape index (κ2) is 11.0. The summed E-state index contributed by atoms with van der Waals surface area (Å²) in [7, 11) is 0. The van der Waals surface area contributed by atoms with Gasteiger partial charge in [0, 0.05) is 13.1 Å². The molecule has 5 nitrogen and oxygen atoms in total. The molecule has 0 bridgehead atoms. The van der Waals surface area contributed by atoms with E-state index in [2.05, 4.69) is 31.0 Å². The summed E-state index contributed by atoms with van der Waals surface area (Å²) < 4.78 is 0. The second-order valence-corrected chi connectivity index (χ2v) is 10.2. The van der Waals surface area contributed by atoms with Gasteiger partial charge in [-0.2, -0.15) is 0 Å². The lowest BCUT2D eigenvalue weighted by molar-refractivity contribution is -0.128. The third kappa shape index (κ3) is 5.79. The molecule has 0 aliphatic carbocycles. The predicted octanol–water partition coefficient (Wildman–Crippen LogP) is 6.00. The van der Waals surface area contributed by atoms with Crippen molar-refractivity contribution in [1.82, 2.24) is 4.90 Å². The maximum Gasteiger partial charge on any atom is 0.283 e. The highest BCUT2D eigenvalue weighted by molar-refractivity contribution is 8.14. The molecule has 0 radical (unpaired) electrons. The molecule has 2 aromatic carbocycles. The highest BCUT2D eigenvalue weighted by Gasteiger charge is 2.32. The number of amidine groups is 1. The molecule has 2 aliphatic heterocycles. The first-order valence-electron chi connectivity index (χ1n) is 12.1. The van der Waals surface area contributed by atoms with E-state index in [0.717, 1.165) is 42.7 Å². The Labute approximate surface area is 206 Å². The van der Waals surface area contributed by atoms with Crippen molar-refractivity contribution >= 4 is 40.5 Å². The van der Waals surface area contributed by atoms with Crippen LogP contribution in [-0.4, -0.2) is 40.7 Å². The fraction of sp³-hybridized carbons (Fsp3) is 0.393. The lowest BCUT2D eigenvalue weighted by Crippen LogP contribution is -2.35. The van der Waals surface area contributed by atoms with Gasteiger partial charge in [-0.05, 0) is 55.0 Å².